The smallest absolute Gasteiger partial charge is 0.272 e. The molecule has 2 N–H and O–H groups in total. The van der Waals surface area contributed by atoms with Crippen molar-refractivity contribution in [3.8, 4) is 0 Å². The van der Waals surface area contributed by atoms with E-state index < -0.39 is 17.5 Å². The van der Waals surface area contributed by atoms with Crippen molar-refractivity contribution >= 4 is 38.4 Å². The fourth-order valence-electron chi connectivity index (χ4n) is 2.00. The number of aromatic nitrogens is 1. The third-order valence-corrected chi connectivity index (χ3v) is 3.64. The van der Waals surface area contributed by atoms with Crippen molar-refractivity contribution < 1.29 is 13.6 Å². The van der Waals surface area contributed by atoms with Crippen molar-refractivity contribution in [1.82, 2.24) is 4.98 Å². The molecule has 0 radical (unpaired) electrons. The van der Waals surface area contributed by atoms with Crippen LogP contribution in [0.15, 0.2) is 46.9 Å². The van der Waals surface area contributed by atoms with Gasteiger partial charge in [0.05, 0.1) is 10.2 Å². The fourth-order valence-corrected chi connectivity index (χ4v) is 2.32. The summed E-state index contributed by atoms with van der Waals surface area (Å²) in [6.45, 7) is 0. The Morgan fingerprint density at radius 3 is 2.62 bits per heavy atom. The van der Waals surface area contributed by atoms with Gasteiger partial charge in [0, 0.05) is 17.0 Å². The first-order valence-electron chi connectivity index (χ1n) is 6.08. The Morgan fingerprint density at radius 2 is 1.86 bits per heavy atom. The summed E-state index contributed by atoms with van der Waals surface area (Å²) in [4.78, 5) is 15.0. The zero-order valence-electron chi connectivity index (χ0n) is 10.6. The summed E-state index contributed by atoms with van der Waals surface area (Å²) in [5.41, 5.74) is 0.864. The van der Waals surface area contributed by atoms with Crippen molar-refractivity contribution in [2.45, 2.75) is 0 Å². The number of amides is 1. The molecule has 0 aliphatic carbocycles. The van der Waals surface area contributed by atoms with Gasteiger partial charge >= 0.3 is 0 Å². The Balaban J connectivity index is 1.91. The van der Waals surface area contributed by atoms with E-state index in [0.29, 0.717) is 0 Å². The van der Waals surface area contributed by atoms with Crippen LogP contribution in [0.2, 0.25) is 0 Å². The molecule has 3 rings (SSSR count). The van der Waals surface area contributed by atoms with Crippen LogP contribution < -0.4 is 5.32 Å². The molecule has 1 heterocycles. The summed E-state index contributed by atoms with van der Waals surface area (Å²) in [5.74, 6) is -1.90. The highest BCUT2D eigenvalue weighted by atomic mass is 79.9. The molecule has 3 nitrogen and oxygen atoms in total. The number of carbonyl (C=O) groups excluding carboxylic acids is 1. The van der Waals surface area contributed by atoms with E-state index in [1.807, 2.05) is 24.3 Å². The average molecular weight is 351 g/mol. The third-order valence-electron chi connectivity index (χ3n) is 3.03. The minimum atomic E-state index is -0.715. The maximum absolute atomic E-state index is 13.7. The Labute approximate surface area is 127 Å². The van der Waals surface area contributed by atoms with E-state index in [2.05, 4.69) is 26.2 Å². The Morgan fingerprint density at radius 1 is 1.10 bits per heavy atom. The molecule has 0 unspecified atom stereocenters. The van der Waals surface area contributed by atoms with Crippen LogP contribution in [0.3, 0.4) is 0 Å². The monoisotopic (exact) mass is 350 g/mol. The van der Waals surface area contributed by atoms with Crippen LogP contribution in [0.25, 0.3) is 10.9 Å². The van der Waals surface area contributed by atoms with E-state index in [-0.39, 0.29) is 15.9 Å². The van der Waals surface area contributed by atoms with Crippen molar-refractivity contribution in [3.63, 3.8) is 0 Å². The molecular weight excluding hydrogens is 342 g/mol. The SMILES string of the molecule is O=C(Nc1cc(F)c(Br)cc1F)c1cc2ccccc2[nH]1. The van der Waals surface area contributed by atoms with E-state index in [4.69, 9.17) is 0 Å². The fraction of sp³-hybridized carbons (Fsp3) is 0. The lowest BCUT2D eigenvalue weighted by atomic mass is 10.2. The molecule has 21 heavy (non-hydrogen) atoms. The molecule has 0 fully saturated rings. The Hall–Kier alpha value is -2.21. The highest BCUT2D eigenvalue weighted by molar-refractivity contribution is 9.10. The number of anilines is 1. The normalized spacial score (nSPS) is 10.8. The van der Waals surface area contributed by atoms with Crippen molar-refractivity contribution in [1.29, 1.82) is 0 Å². The van der Waals surface area contributed by atoms with Gasteiger partial charge in [-0.3, -0.25) is 4.79 Å². The number of H-pyrrole nitrogens is 1. The molecule has 2 aromatic carbocycles. The maximum Gasteiger partial charge on any atom is 0.272 e. The van der Waals surface area contributed by atoms with Crippen molar-refractivity contribution in [2.24, 2.45) is 0 Å². The summed E-state index contributed by atoms with van der Waals surface area (Å²) in [5, 5.41) is 3.22. The topological polar surface area (TPSA) is 44.9 Å². The molecule has 1 aromatic heterocycles. The van der Waals surface area contributed by atoms with Crippen LogP contribution in [0.4, 0.5) is 14.5 Å². The van der Waals surface area contributed by atoms with Crippen molar-refractivity contribution in [2.75, 3.05) is 5.32 Å². The second kappa shape index (κ2) is 5.29. The molecule has 0 bridgehead atoms. The molecule has 3 aromatic rings. The predicted octanol–water partition coefficient (Wildman–Crippen LogP) is 4.46. The van der Waals surface area contributed by atoms with Gasteiger partial charge in [0.1, 0.15) is 17.3 Å². The Kier molecular flexibility index (Phi) is 3.47. The van der Waals surface area contributed by atoms with E-state index in [1.54, 1.807) is 6.07 Å². The molecule has 0 saturated carbocycles. The van der Waals surface area contributed by atoms with Crippen LogP contribution in [0.5, 0.6) is 0 Å². The Bertz CT molecular complexity index is 812. The first-order chi connectivity index (χ1) is 10.0. The van der Waals surface area contributed by atoms with E-state index in [0.717, 1.165) is 23.0 Å². The molecule has 0 saturated heterocycles. The van der Waals surface area contributed by atoms with Crippen LogP contribution in [-0.4, -0.2) is 10.9 Å². The van der Waals surface area contributed by atoms with E-state index in [1.165, 1.54) is 0 Å². The summed E-state index contributed by atoms with van der Waals surface area (Å²) in [6.07, 6.45) is 0. The number of hydrogen-bond acceptors (Lipinski definition) is 1. The number of fused-ring (bicyclic) bond motifs is 1. The van der Waals surface area contributed by atoms with Gasteiger partial charge < -0.3 is 10.3 Å². The number of rotatable bonds is 2. The quantitative estimate of drug-likeness (QED) is 0.658. The van der Waals surface area contributed by atoms with Crippen LogP contribution in [0, 0.1) is 11.6 Å². The van der Waals surface area contributed by atoms with Crippen molar-refractivity contribution in [3.05, 3.63) is 64.3 Å². The van der Waals surface area contributed by atoms with Gasteiger partial charge in [0.15, 0.2) is 0 Å². The minimum Gasteiger partial charge on any atom is -0.351 e. The molecule has 0 aliphatic heterocycles. The van der Waals surface area contributed by atoms with E-state index in [9.17, 15) is 13.6 Å². The van der Waals surface area contributed by atoms with Crippen LogP contribution in [-0.2, 0) is 0 Å². The lowest BCUT2D eigenvalue weighted by molar-refractivity contribution is 0.102. The number of aromatic amines is 1. The van der Waals surface area contributed by atoms with Gasteiger partial charge in [-0.25, -0.2) is 8.78 Å². The van der Waals surface area contributed by atoms with Gasteiger partial charge in [-0.05, 0) is 34.1 Å². The molecule has 0 atom stereocenters. The molecule has 106 valence electrons. The molecule has 1 amide bonds. The zero-order chi connectivity index (χ0) is 15.0. The van der Waals surface area contributed by atoms with Gasteiger partial charge in [-0.1, -0.05) is 18.2 Å². The average Bonchev–Trinajstić information content (AvgIpc) is 2.88. The van der Waals surface area contributed by atoms with Gasteiger partial charge in [0.2, 0.25) is 0 Å². The number of carbonyl (C=O) groups is 1. The minimum absolute atomic E-state index is 0.00334. The predicted molar refractivity (Wildman–Crippen MR) is 80.3 cm³/mol. The van der Waals surface area contributed by atoms with Gasteiger partial charge in [-0.15, -0.1) is 0 Å². The maximum atomic E-state index is 13.7. The molecule has 0 spiro atoms. The second-order valence-electron chi connectivity index (χ2n) is 4.47. The summed E-state index contributed by atoms with van der Waals surface area (Å²) in [7, 11) is 0. The number of halogens is 3. The highest BCUT2D eigenvalue weighted by Crippen LogP contribution is 2.24. The van der Waals surface area contributed by atoms with E-state index >= 15 is 0 Å². The summed E-state index contributed by atoms with van der Waals surface area (Å²) >= 11 is 2.88. The lowest BCUT2D eigenvalue weighted by Crippen LogP contribution is -2.13. The van der Waals surface area contributed by atoms with Gasteiger partial charge in [0.25, 0.3) is 5.91 Å². The molecular formula is C15H9BrF2N2O. The molecule has 6 heteroatoms. The van der Waals surface area contributed by atoms with Gasteiger partial charge in [-0.2, -0.15) is 0 Å². The number of nitrogens with one attached hydrogen (secondary N) is 2. The zero-order valence-corrected chi connectivity index (χ0v) is 12.2. The lowest BCUT2D eigenvalue weighted by Gasteiger charge is -2.06. The highest BCUT2D eigenvalue weighted by Gasteiger charge is 2.14. The molecule has 0 aliphatic rings. The summed E-state index contributed by atoms with van der Waals surface area (Å²) in [6, 6.07) is 10.9. The van der Waals surface area contributed by atoms with Crippen LogP contribution in [0.1, 0.15) is 10.5 Å². The van der Waals surface area contributed by atoms with Crippen LogP contribution >= 0.6 is 15.9 Å². The standard InChI is InChI=1S/C15H9BrF2N2O/c16-9-6-11(18)13(7-10(9)17)20-15(21)14-5-8-3-1-2-4-12(8)19-14/h1-7,19H,(H,20,21). The largest absolute Gasteiger partial charge is 0.351 e. The number of hydrogen-bond donors (Lipinski definition) is 2. The summed E-state index contributed by atoms with van der Waals surface area (Å²) < 4.78 is 27.1. The number of para-hydroxylation sites is 1. The first-order valence-corrected chi connectivity index (χ1v) is 6.87. The third kappa shape index (κ3) is 2.67. The first kappa shape index (κ1) is 13.8. The number of benzene rings is 2. The second-order valence-corrected chi connectivity index (χ2v) is 5.32.